The van der Waals surface area contributed by atoms with Gasteiger partial charge in [0.1, 0.15) is 0 Å². The highest BCUT2D eigenvalue weighted by molar-refractivity contribution is 7.16. The van der Waals surface area contributed by atoms with Crippen molar-refractivity contribution in [3.05, 3.63) is 90.3 Å². The van der Waals surface area contributed by atoms with Crippen molar-refractivity contribution in [3.8, 4) is 21.8 Å². The van der Waals surface area contributed by atoms with Gasteiger partial charge in [-0.2, -0.15) is 5.10 Å². The van der Waals surface area contributed by atoms with Gasteiger partial charge in [-0.1, -0.05) is 44.2 Å². The monoisotopic (exact) mass is 560 g/mol. The Labute approximate surface area is 245 Å². The van der Waals surface area contributed by atoms with E-state index in [-0.39, 0.29) is 0 Å². The summed E-state index contributed by atoms with van der Waals surface area (Å²) in [4.78, 5) is 15.1. The lowest BCUT2D eigenvalue weighted by atomic mass is 10.0. The molecule has 0 aliphatic heterocycles. The first-order chi connectivity index (χ1) is 20.0. The van der Waals surface area contributed by atoms with Crippen LogP contribution in [-0.2, 0) is 0 Å². The van der Waals surface area contributed by atoms with Gasteiger partial charge in [-0.3, -0.25) is 10.1 Å². The molecule has 5 heterocycles. The van der Waals surface area contributed by atoms with Gasteiger partial charge in [0.15, 0.2) is 5.65 Å². The Morgan fingerprint density at radius 1 is 1.15 bits per heavy atom. The highest BCUT2D eigenvalue weighted by Crippen LogP contribution is 2.37. The van der Waals surface area contributed by atoms with Crippen molar-refractivity contribution in [2.75, 3.05) is 13.1 Å². The predicted octanol–water partition coefficient (Wildman–Crippen LogP) is 8.56. The van der Waals surface area contributed by atoms with Crippen molar-refractivity contribution >= 4 is 44.4 Å². The third kappa shape index (κ3) is 5.60. The number of pyridine rings is 2. The number of allylic oxidation sites excluding steroid dienone is 4. The molecule has 5 aromatic rings. The molecule has 1 aliphatic rings. The summed E-state index contributed by atoms with van der Waals surface area (Å²) >= 11 is 1.74. The molecule has 0 radical (unpaired) electrons. The van der Waals surface area contributed by atoms with Crippen molar-refractivity contribution in [1.82, 2.24) is 30.5 Å². The van der Waals surface area contributed by atoms with E-state index in [4.69, 9.17) is 4.98 Å². The first-order valence-electron chi connectivity index (χ1n) is 14.3. The molecule has 0 saturated heterocycles. The molecular weight excluding hydrogens is 524 g/mol. The Morgan fingerprint density at radius 3 is 2.76 bits per heavy atom. The summed E-state index contributed by atoms with van der Waals surface area (Å²) in [6.45, 7) is 14.1. The number of H-pyrrole nitrogens is 2. The van der Waals surface area contributed by atoms with E-state index >= 15 is 0 Å². The van der Waals surface area contributed by atoms with Gasteiger partial charge in [0, 0.05) is 50.6 Å². The second-order valence-corrected chi connectivity index (χ2v) is 12.0. The van der Waals surface area contributed by atoms with Crippen molar-refractivity contribution < 1.29 is 0 Å². The number of hydrogen-bond donors (Lipinski definition) is 3. The summed E-state index contributed by atoms with van der Waals surface area (Å²) in [5.74, 6) is 0.809. The highest BCUT2D eigenvalue weighted by atomic mass is 32.1. The van der Waals surface area contributed by atoms with Crippen molar-refractivity contribution in [2.45, 2.75) is 39.5 Å². The Hall–Kier alpha value is -4.07. The van der Waals surface area contributed by atoms with Crippen LogP contribution < -0.4 is 5.32 Å². The SMILES string of the molecule is C=C/C(=C\C(=C/C)c1cnc2n[nH]c(-c3cc4c(-c5ccc(C(=C)C)s5)cncc4[nH]3)c2c1)CNCC1CCCC1. The molecule has 208 valence electrons. The number of hydrogen-bond acceptors (Lipinski definition) is 5. The lowest BCUT2D eigenvalue weighted by Gasteiger charge is -2.12. The Bertz CT molecular complexity index is 1790. The molecule has 0 atom stereocenters. The van der Waals surface area contributed by atoms with Gasteiger partial charge in [-0.25, -0.2) is 4.98 Å². The number of nitrogens with one attached hydrogen (secondary N) is 3. The lowest BCUT2D eigenvalue weighted by molar-refractivity contribution is 0.503. The van der Waals surface area contributed by atoms with Crippen LogP contribution >= 0.6 is 11.3 Å². The van der Waals surface area contributed by atoms with E-state index in [0.29, 0.717) is 5.65 Å². The second kappa shape index (κ2) is 11.8. The van der Waals surface area contributed by atoms with E-state index in [0.717, 1.165) is 69.0 Å². The molecule has 0 bridgehead atoms. The van der Waals surface area contributed by atoms with Gasteiger partial charge >= 0.3 is 0 Å². The fourth-order valence-electron chi connectivity index (χ4n) is 5.71. The zero-order valence-corrected chi connectivity index (χ0v) is 24.6. The second-order valence-electron chi connectivity index (χ2n) is 10.9. The number of nitrogens with zero attached hydrogens (tertiary/aromatic N) is 3. The van der Waals surface area contributed by atoms with E-state index in [9.17, 15) is 0 Å². The van der Waals surface area contributed by atoms with Gasteiger partial charge < -0.3 is 10.3 Å². The highest BCUT2D eigenvalue weighted by Gasteiger charge is 2.17. The molecule has 0 amide bonds. The van der Waals surface area contributed by atoms with E-state index < -0.39 is 0 Å². The normalized spacial score (nSPS) is 14.9. The van der Waals surface area contributed by atoms with Crippen molar-refractivity contribution in [1.29, 1.82) is 0 Å². The number of thiophene rings is 1. The van der Waals surface area contributed by atoms with Crippen LogP contribution in [0.5, 0.6) is 0 Å². The van der Waals surface area contributed by atoms with E-state index in [1.807, 2.05) is 31.6 Å². The average molecular weight is 561 g/mol. The van der Waals surface area contributed by atoms with Gasteiger partial charge in [0.2, 0.25) is 0 Å². The minimum absolute atomic E-state index is 0.687. The van der Waals surface area contributed by atoms with Crippen LogP contribution in [0.3, 0.4) is 0 Å². The summed E-state index contributed by atoms with van der Waals surface area (Å²) in [7, 11) is 0. The standard InChI is InChI=1S/C34H36N6S/c1-5-22(16-35-17-23-9-7-8-10-23)13-24(6-2)25-14-27-33(39-40-34(27)37-18-25)29-15-26-28(19-36-20-30(26)38-29)32-12-11-31(41-32)21(3)4/h5-6,11-15,18-20,23,35,38H,1,3,7-10,16-17H2,2,4H3,(H,37,39,40)/b22-13+,24-6+. The molecule has 41 heavy (non-hydrogen) atoms. The average Bonchev–Trinajstić information content (AvgIpc) is 3.80. The first kappa shape index (κ1) is 27.1. The molecule has 6 rings (SSSR count). The third-order valence-corrected chi connectivity index (χ3v) is 9.28. The Morgan fingerprint density at radius 2 is 2.00 bits per heavy atom. The lowest BCUT2D eigenvalue weighted by Crippen LogP contribution is -2.23. The fraction of sp³-hybridized carbons (Fsp3) is 0.265. The molecule has 7 heteroatoms. The van der Waals surface area contributed by atoms with Crippen molar-refractivity contribution in [2.24, 2.45) is 5.92 Å². The maximum Gasteiger partial charge on any atom is 0.181 e. The maximum absolute atomic E-state index is 4.70. The molecule has 1 aliphatic carbocycles. The van der Waals surface area contributed by atoms with E-state index in [1.54, 1.807) is 11.3 Å². The minimum atomic E-state index is 0.687. The zero-order chi connectivity index (χ0) is 28.3. The quantitative estimate of drug-likeness (QED) is 0.149. The third-order valence-electron chi connectivity index (χ3n) is 8.00. The molecule has 0 spiro atoms. The maximum atomic E-state index is 4.70. The van der Waals surface area contributed by atoms with Crippen LogP contribution in [0, 0.1) is 5.92 Å². The van der Waals surface area contributed by atoms with Crippen LogP contribution in [0.1, 0.15) is 50.0 Å². The van der Waals surface area contributed by atoms with Crippen LogP contribution in [-0.4, -0.2) is 38.2 Å². The zero-order valence-electron chi connectivity index (χ0n) is 23.8. The Kier molecular flexibility index (Phi) is 7.81. The van der Waals surface area contributed by atoms with Crippen LogP contribution in [0.15, 0.2) is 79.8 Å². The summed E-state index contributed by atoms with van der Waals surface area (Å²) in [5, 5.41) is 13.5. The molecule has 6 nitrogen and oxygen atoms in total. The summed E-state index contributed by atoms with van der Waals surface area (Å²) in [6, 6.07) is 8.62. The molecule has 1 saturated carbocycles. The minimum Gasteiger partial charge on any atom is -0.352 e. The summed E-state index contributed by atoms with van der Waals surface area (Å²) in [6.07, 6.45) is 17.4. The number of aromatic nitrogens is 5. The van der Waals surface area contributed by atoms with Gasteiger partial charge in [0.05, 0.1) is 23.1 Å². The molecular formula is C34H36N6S. The van der Waals surface area contributed by atoms with Crippen LogP contribution in [0.4, 0.5) is 0 Å². The topological polar surface area (TPSA) is 82.3 Å². The molecule has 0 aromatic carbocycles. The van der Waals surface area contributed by atoms with E-state index in [2.05, 4.69) is 82.0 Å². The first-order valence-corrected chi connectivity index (χ1v) is 15.1. The number of rotatable bonds is 10. The molecule has 0 unspecified atom stereocenters. The largest absolute Gasteiger partial charge is 0.352 e. The van der Waals surface area contributed by atoms with Crippen LogP contribution in [0.2, 0.25) is 0 Å². The van der Waals surface area contributed by atoms with E-state index in [1.165, 1.54) is 41.0 Å². The van der Waals surface area contributed by atoms with Gasteiger partial charge in [0.25, 0.3) is 0 Å². The number of aromatic amines is 2. The molecule has 3 N–H and O–H groups in total. The van der Waals surface area contributed by atoms with Crippen molar-refractivity contribution in [3.63, 3.8) is 0 Å². The summed E-state index contributed by atoms with van der Waals surface area (Å²) in [5.41, 5.74) is 9.02. The molecule has 5 aromatic heterocycles. The number of fused-ring (bicyclic) bond motifs is 2. The Balaban J connectivity index is 1.30. The van der Waals surface area contributed by atoms with Gasteiger partial charge in [-0.15, -0.1) is 11.3 Å². The van der Waals surface area contributed by atoms with Crippen LogP contribution in [0.25, 0.3) is 54.9 Å². The summed E-state index contributed by atoms with van der Waals surface area (Å²) < 4.78 is 0. The predicted molar refractivity (Wildman–Crippen MR) is 174 cm³/mol. The smallest absolute Gasteiger partial charge is 0.181 e. The molecule has 1 fully saturated rings. The fourth-order valence-corrected chi connectivity index (χ4v) is 6.66. The van der Waals surface area contributed by atoms with Gasteiger partial charge in [-0.05, 0) is 80.1 Å².